The van der Waals surface area contributed by atoms with Crippen molar-refractivity contribution in [2.75, 3.05) is 26.2 Å². The summed E-state index contributed by atoms with van der Waals surface area (Å²) in [7, 11) is 0. The molecule has 0 radical (unpaired) electrons. The summed E-state index contributed by atoms with van der Waals surface area (Å²) in [4.78, 5) is 15.8. The van der Waals surface area contributed by atoms with Gasteiger partial charge in [0.05, 0.1) is 5.70 Å². The molecule has 0 atom stereocenters. The minimum absolute atomic E-state index is 0.104. The SMILES string of the molecule is C=C1C(=O)N(CC(C)C)CCN1CC. The van der Waals surface area contributed by atoms with Crippen molar-refractivity contribution in [3.63, 3.8) is 0 Å². The summed E-state index contributed by atoms with van der Waals surface area (Å²) in [6, 6.07) is 0. The second kappa shape index (κ2) is 4.49. The molecule has 0 saturated carbocycles. The minimum Gasteiger partial charge on any atom is -0.366 e. The highest BCUT2D eigenvalue weighted by Crippen LogP contribution is 2.14. The van der Waals surface area contributed by atoms with Crippen LogP contribution in [-0.2, 0) is 4.79 Å². The number of carbonyl (C=O) groups excluding carboxylic acids is 1. The lowest BCUT2D eigenvalue weighted by Crippen LogP contribution is -2.49. The number of piperazine rings is 1. The highest BCUT2D eigenvalue weighted by atomic mass is 16.2. The van der Waals surface area contributed by atoms with Gasteiger partial charge in [-0.3, -0.25) is 4.79 Å². The van der Waals surface area contributed by atoms with Crippen LogP contribution in [0.4, 0.5) is 0 Å². The van der Waals surface area contributed by atoms with Gasteiger partial charge in [-0.05, 0) is 12.8 Å². The molecule has 0 aliphatic carbocycles. The van der Waals surface area contributed by atoms with Crippen molar-refractivity contribution in [1.82, 2.24) is 9.80 Å². The monoisotopic (exact) mass is 196 g/mol. The van der Waals surface area contributed by atoms with Crippen LogP contribution in [0, 0.1) is 5.92 Å². The van der Waals surface area contributed by atoms with Gasteiger partial charge >= 0.3 is 0 Å². The van der Waals surface area contributed by atoms with Crippen molar-refractivity contribution in [2.24, 2.45) is 5.92 Å². The Balaban J connectivity index is 2.60. The van der Waals surface area contributed by atoms with Gasteiger partial charge in [0.1, 0.15) is 0 Å². The van der Waals surface area contributed by atoms with Crippen LogP contribution in [0.1, 0.15) is 20.8 Å². The van der Waals surface area contributed by atoms with Crippen LogP contribution in [0.3, 0.4) is 0 Å². The molecule has 1 aliphatic heterocycles. The van der Waals surface area contributed by atoms with Crippen LogP contribution < -0.4 is 0 Å². The zero-order valence-electron chi connectivity index (χ0n) is 9.42. The Hall–Kier alpha value is -0.990. The first-order valence-corrected chi connectivity index (χ1v) is 5.29. The number of hydrogen-bond acceptors (Lipinski definition) is 2. The molecule has 1 amide bonds. The first-order chi connectivity index (χ1) is 6.56. The fourth-order valence-electron chi connectivity index (χ4n) is 1.76. The lowest BCUT2D eigenvalue weighted by atomic mass is 10.1. The number of hydrogen-bond donors (Lipinski definition) is 0. The Labute approximate surface area is 86.4 Å². The van der Waals surface area contributed by atoms with Crippen LogP contribution in [0.5, 0.6) is 0 Å². The molecule has 0 aromatic carbocycles. The standard InChI is InChI=1S/C11H20N2O/c1-5-12-6-7-13(8-9(2)3)11(14)10(12)4/h9H,4-8H2,1-3H3. The van der Waals surface area contributed by atoms with Crippen LogP contribution in [0.2, 0.25) is 0 Å². The number of carbonyl (C=O) groups is 1. The fourth-order valence-corrected chi connectivity index (χ4v) is 1.76. The van der Waals surface area contributed by atoms with Crippen molar-refractivity contribution in [3.05, 3.63) is 12.3 Å². The molecule has 1 aliphatic rings. The maximum absolute atomic E-state index is 11.8. The summed E-state index contributed by atoms with van der Waals surface area (Å²) < 4.78 is 0. The van der Waals surface area contributed by atoms with E-state index in [-0.39, 0.29) is 5.91 Å². The van der Waals surface area contributed by atoms with Crippen molar-refractivity contribution in [2.45, 2.75) is 20.8 Å². The van der Waals surface area contributed by atoms with Crippen LogP contribution in [0.25, 0.3) is 0 Å². The molecule has 0 unspecified atom stereocenters. The molecule has 0 N–H and O–H groups in total. The summed E-state index contributed by atoms with van der Waals surface area (Å²) in [6.45, 7) is 13.6. The summed E-state index contributed by atoms with van der Waals surface area (Å²) >= 11 is 0. The molecule has 80 valence electrons. The van der Waals surface area contributed by atoms with Gasteiger partial charge in [0.2, 0.25) is 0 Å². The minimum atomic E-state index is 0.104. The third-order valence-corrected chi connectivity index (χ3v) is 2.52. The second-order valence-corrected chi connectivity index (χ2v) is 4.17. The Morgan fingerprint density at radius 1 is 1.36 bits per heavy atom. The molecule has 1 fully saturated rings. The van der Waals surface area contributed by atoms with Gasteiger partial charge < -0.3 is 9.80 Å². The molecule has 0 bridgehead atoms. The van der Waals surface area contributed by atoms with E-state index in [4.69, 9.17) is 0 Å². The average molecular weight is 196 g/mol. The molecular weight excluding hydrogens is 176 g/mol. The summed E-state index contributed by atoms with van der Waals surface area (Å²) in [5.74, 6) is 0.631. The molecule has 0 aromatic heterocycles. The number of rotatable bonds is 3. The Kier molecular flexibility index (Phi) is 3.55. The largest absolute Gasteiger partial charge is 0.366 e. The quantitative estimate of drug-likeness (QED) is 0.636. The zero-order valence-corrected chi connectivity index (χ0v) is 9.42. The van der Waals surface area contributed by atoms with Gasteiger partial charge in [-0.2, -0.15) is 0 Å². The molecule has 1 saturated heterocycles. The van der Waals surface area contributed by atoms with E-state index in [9.17, 15) is 4.79 Å². The van der Waals surface area contributed by atoms with E-state index in [0.717, 1.165) is 26.2 Å². The van der Waals surface area contributed by atoms with Gasteiger partial charge in [-0.25, -0.2) is 0 Å². The highest BCUT2D eigenvalue weighted by Gasteiger charge is 2.26. The maximum Gasteiger partial charge on any atom is 0.269 e. The van der Waals surface area contributed by atoms with E-state index < -0.39 is 0 Å². The lowest BCUT2D eigenvalue weighted by Gasteiger charge is -2.37. The maximum atomic E-state index is 11.8. The molecule has 0 aromatic rings. The summed E-state index contributed by atoms with van der Waals surface area (Å²) in [5.41, 5.74) is 0.652. The number of nitrogens with zero attached hydrogens (tertiary/aromatic N) is 2. The summed E-state index contributed by atoms with van der Waals surface area (Å²) in [6.07, 6.45) is 0. The highest BCUT2D eigenvalue weighted by molar-refractivity contribution is 5.92. The predicted octanol–water partition coefficient (Wildman–Crippen LogP) is 1.32. The Morgan fingerprint density at radius 3 is 2.43 bits per heavy atom. The molecule has 0 spiro atoms. The molecule has 1 rings (SSSR count). The molecule has 1 heterocycles. The van der Waals surface area contributed by atoms with E-state index in [0.29, 0.717) is 11.6 Å². The second-order valence-electron chi connectivity index (χ2n) is 4.17. The van der Waals surface area contributed by atoms with Crippen molar-refractivity contribution in [3.8, 4) is 0 Å². The lowest BCUT2D eigenvalue weighted by molar-refractivity contribution is -0.131. The van der Waals surface area contributed by atoms with Gasteiger partial charge in [-0.15, -0.1) is 0 Å². The third kappa shape index (κ3) is 2.28. The third-order valence-electron chi connectivity index (χ3n) is 2.52. The van der Waals surface area contributed by atoms with Crippen molar-refractivity contribution < 1.29 is 4.79 Å². The first-order valence-electron chi connectivity index (χ1n) is 5.29. The topological polar surface area (TPSA) is 23.6 Å². The van der Waals surface area contributed by atoms with E-state index in [1.54, 1.807) is 0 Å². The molecular formula is C11H20N2O. The Morgan fingerprint density at radius 2 is 1.93 bits per heavy atom. The normalized spacial score (nSPS) is 18.3. The average Bonchev–Trinajstić information content (AvgIpc) is 2.13. The fraction of sp³-hybridized carbons (Fsp3) is 0.727. The number of amides is 1. The van der Waals surface area contributed by atoms with E-state index >= 15 is 0 Å². The van der Waals surface area contributed by atoms with Crippen LogP contribution >= 0.6 is 0 Å². The first kappa shape index (κ1) is 11.1. The smallest absolute Gasteiger partial charge is 0.269 e. The van der Waals surface area contributed by atoms with E-state index in [1.165, 1.54) is 0 Å². The van der Waals surface area contributed by atoms with Gasteiger partial charge in [-0.1, -0.05) is 20.4 Å². The number of likely N-dealkylation sites (N-methyl/N-ethyl adjacent to an activating group) is 1. The van der Waals surface area contributed by atoms with Gasteiger partial charge in [0, 0.05) is 26.2 Å². The van der Waals surface area contributed by atoms with Crippen molar-refractivity contribution >= 4 is 5.91 Å². The van der Waals surface area contributed by atoms with E-state index in [2.05, 4.69) is 27.4 Å². The van der Waals surface area contributed by atoms with E-state index in [1.807, 2.05) is 9.80 Å². The molecule has 3 heteroatoms. The molecule has 3 nitrogen and oxygen atoms in total. The predicted molar refractivity (Wildman–Crippen MR) is 57.8 cm³/mol. The zero-order chi connectivity index (χ0) is 10.7. The van der Waals surface area contributed by atoms with Crippen LogP contribution in [0.15, 0.2) is 12.3 Å². The van der Waals surface area contributed by atoms with Gasteiger partial charge in [0.15, 0.2) is 0 Å². The molecule has 14 heavy (non-hydrogen) atoms. The van der Waals surface area contributed by atoms with Gasteiger partial charge in [0.25, 0.3) is 5.91 Å². The van der Waals surface area contributed by atoms with Crippen LogP contribution in [-0.4, -0.2) is 41.9 Å². The van der Waals surface area contributed by atoms with Crippen molar-refractivity contribution in [1.29, 1.82) is 0 Å². The Bertz CT molecular complexity index is 235. The summed E-state index contributed by atoms with van der Waals surface area (Å²) in [5, 5.41) is 0.